The second-order valence-corrected chi connectivity index (χ2v) is 8.64. The predicted molar refractivity (Wildman–Crippen MR) is 138 cm³/mol. The maximum atomic E-state index is 11.5. The van der Waals surface area contributed by atoms with Crippen LogP contribution in [0.15, 0.2) is 42.0 Å². The number of ketones is 1. The fourth-order valence-corrected chi connectivity index (χ4v) is 2.73. The molecule has 0 saturated heterocycles. The van der Waals surface area contributed by atoms with Gasteiger partial charge >= 0.3 is 5.97 Å². The van der Waals surface area contributed by atoms with Crippen molar-refractivity contribution in [2.75, 3.05) is 0 Å². The minimum atomic E-state index is -0.868. The topological polar surface area (TPSA) is 54.4 Å². The number of carbonyl (C=O) groups excluding carboxylic acids is 1. The highest BCUT2D eigenvalue weighted by Gasteiger charge is 2.08. The van der Waals surface area contributed by atoms with Crippen molar-refractivity contribution >= 4 is 41.0 Å². The molecule has 3 nitrogen and oxygen atoms in total. The number of aromatic carboxylic acids is 1. The molecule has 0 heterocycles. The van der Waals surface area contributed by atoms with Gasteiger partial charge in [-0.1, -0.05) is 82.4 Å². The highest BCUT2D eigenvalue weighted by Crippen LogP contribution is 2.30. The van der Waals surface area contributed by atoms with E-state index in [1.807, 2.05) is 39.0 Å². The van der Waals surface area contributed by atoms with Gasteiger partial charge in [-0.25, -0.2) is 4.79 Å². The van der Waals surface area contributed by atoms with Crippen molar-refractivity contribution in [1.82, 2.24) is 0 Å². The van der Waals surface area contributed by atoms with E-state index >= 15 is 0 Å². The molecule has 0 bridgehead atoms. The van der Waals surface area contributed by atoms with Crippen LogP contribution in [0, 0.1) is 12.8 Å². The standard InChI is InChI=1S/C13H14Cl2O.C9H10O2.C5H12/c1-4-12(16)9(3)7-10-8(2)5-6-11(14)13(10)15;1-2-7-3-5-8(6-4-7)9(10)11;1-4-5(2)3/h5-7H,4H2,1-3H3;3-6H,2H2,1H3,(H,10,11);5H,4H2,1-3H3/b9-7+;;. The van der Waals surface area contributed by atoms with Crippen molar-refractivity contribution in [3.63, 3.8) is 0 Å². The van der Waals surface area contributed by atoms with Crippen LogP contribution in [-0.2, 0) is 11.2 Å². The van der Waals surface area contributed by atoms with E-state index in [1.54, 1.807) is 31.2 Å². The van der Waals surface area contributed by atoms with E-state index < -0.39 is 5.97 Å². The van der Waals surface area contributed by atoms with Gasteiger partial charge in [-0.05, 0) is 72.7 Å². The Morgan fingerprint density at radius 1 is 1.00 bits per heavy atom. The highest BCUT2D eigenvalue weighted by atomic mass is 35.5. The molecular formula is C27H36Cl2O3. The van der Waals surface area contributed by atoms with E-state index in [9.17, 15) is 9.59 Å². The highest BCUT2D eigenvalue weighted by molar-refractivity contribution is 6.43. The van der Waals surface area contributed by atoms with Gasteiger partial charge in [0.2, 0.25) is 0 Å². The van der Waals surface area contributed by atoms with Crippen molar-refractivity contribution < 1.29 is 14.7 Å². The summed E-state index contributed by atoms with van der Waals surface area (Å²) in [5, 5.41) is 9.56. The van der Waals surface area contributed by atoms with Gasteiger partial charge in [0.05, 0.1) is 15.6 Å². The molecule has 176 valence electrons. The van der Waals surface area contributed by atoms with Crippen molar-refractivity contribution in [2.45, 2.75) is 67.7 Å². The Bertz CT molecular complexity index is 898. The van der Waals surface area contributed by atoms with E-state index in [1.165, 1.54) is 6.42 Å². The lowest BCUT2D eigenvalue weighted by Gasteiger charge is -2.06. The van der Waals surface area contributed by atoms with Crippen LogP contribution >= 0.6 is 23.2 Å². The first-order chi connectivity index (χ1) is 15.0. The Hall–Kier alpha value is -2.10. The first kappa shape index (κ1) is 29.9. The monoisotopic (exact) mass is 478 g/mol. The Balaban J connectivity index is 0.000000518. The fraction of sp³-hybridized carbons (Fsp3) is 0.407. The van der Waals surface area contributed by atoms with Crippen LogP contribution in [0.25, 0.3) is 6.08 Å². The number of hydrogen-bond donors (Lipinski definition) is 1. The Morgan fingerprint density at radius 3 is 1.94 bits per heavy atom. The smallest absolute Gasteiger partial charge is 0.335 e. The number of rotatable bonds is 6. The van der Waals surface area contributed by atoms with Crippen LogP contribution < -0.4 is 0 Å². The molecular weight excluding hydrogens is 443 g/mol. The summed E-state index contributed by atoms with van der Waals surface area (Å²) in [5.41, 5.74) is 4.05. The number of aryl methyl sites for hydroxylation is 2. The summed E-state index contributed by atoms with van der Waals surface area (Å²) >= 11 is 12.0. The van der Waals surface area contributed by atoms with Gasteiger partial charge in [-0.15, -0.1) is 0 Å². The molecule has 0 atom stereocenters. The Labute approximate surface area is 203 Å². The van der Waals surface area contributed by atoms with Gasteiger partial charge in [0.25, 0.3) is 0 Å². The molecule has 0 aromatic heterocycles. The first-order valence-electron chi connectivity index (χ1n) is 11.0. The van der Waals surface area contributed by atoms with Crippen LogP contribution in [0.4, 0.5) is 0 Å². The molecule has 0 spiro atoms. The SMILES string of the molecule is CCC(=O)/C(C)=C/c1c(C)ccc(Cl)c1Cl.CCC(C)C.CCc1ccc(C(=O)O)cc1. The van der Waals surface area contributed by atoms with E-state index in [2.05, 4.69) is 20.8 Å². The molecule has 5 heteroatoms. The summed E-state index contributed by atoms with van der Waals surface area (Å²) in [6.45, 7) is 14.3. The van der Waals surface area contributed by atoms with Gasteiger partial charge in [0.15, 0.2) is 5.78 Å². The van der Waals surface area contributed by atoms with Gasteiger partial charge in [0, 0.05) is 6.42 Å². The lowest BCUT2D eigenvalue weighted by atomic mass is 10.0. The average molecular weight is 479 g/mol. The number of Topliss-reactive ketones (excluding diaryl/α,β-unsaturated/α-hetero) is 1. The third-order valence-corrected chi connectivity index (χ3v) is 5.72. The predicted octanol–water partition coefficient (Wildman–Crippen LogP) is 8.68. The van der Waals surface area contributed by atoms with Crippen molar-refractivity contribution in [3.8, 4) is 0 Å². The molecule has 0 aliphatic carbocycles. The maximum absolute atomic E-state index is 11.5. The summed E-state index contributed by atoms with van der Waals surface area (Å²) < 4.78 is 0. The number of benzene rings is 2. The average Bonchev–Trinajstić information content (AvgIpc) is 2.79. The molecule has 0 aliphatic rings. The van der Waals surface area contributed by atoms with Gasteiger partial charge in [-0.3, -0.25) is 4.79 Å². The number of carboxylic acid groups (broad SMARTS) is 1. The lowest BCUT2D eigenvalue weighted by molar-refractivity contribution is -0.115. The van der Waals surface area contributed by atoms with Crippen molar-refractivity contribution in [1.29, 1.82) is 0 Å². The summed E-state index contributed by atoms with van der Waals surface area (Å²) in [4.78, 5) is 21.9. The van der Waals surface area contributed by atoms with E-state index in [0.717, 1.165) is 29.0 Å². The summed E-state index contributed by atoms with van der Waals surface area (Å²) in [6, 6.07) is 10.6. The number of halogens is 2. The zero-order valence-corrected chi connectivity index (χ0v) is 21.8. The largest absolute Gasteiger partial charge is 0.478 e. The minimum Gasteiger partial charge on any atom is -0.478 e. The number of carbonyl (C=O) groups is 2. The Kier molecular flexibility index (Phi) is 14.6. The molecule has 2 aromatic carbocycles. The number of allylic oxidation sites excluding steroid dienone is 1. The van der Waals surface area contributed by atoms with E-state index in [0.29, 0.717) is 27.6 Å². The van der Waals surface area contributed by atoms with Crippen LogP contribution in [0.2, 0.25) is 10.0 Å². The summed E-state index contributed by atoms with van der Waals surface area (Å²) in [5.74, 6) is 0.137. The minimum absolute atomic E-state index is 0.121. The number of carboxylic acids is 1. The van der Waals surface area contributed by atoms with Crippen molar-refractivity contribution in [3.05, 3.63) is 74.3 Å². The third kappa shape index (κ3) is 11.0. The molecule has 0 aliphatic heterocycles. The van der Waals surface area contributed by atoms with Gasteiger partial charge in [-0.2, -0.15) is 0 Å². The third-order valence-electron chi connectivity index (χ3n) is 4.90. The van der Waals surface area contributed by atoms with Crippen LogP contribution in [0.3, 0.4) is 0 Å². The van der Waals surface area contributed by atoms with E-state index in [4.69, 9.17) is 28.3 Å². The van der Waals surface area contributed by atoms with Crippen LogP contribution in [-0.4, -0.2) is 16.9 Å². The van der Waals surface area contributed by atoms with Crippen LogP contribution in [0.1, 0.15) is 81.4 Å². The fourth-order valence-electron chi connectivity index (χ4n) is 2.30. The van der Waals surface area contributed by atoms with Gasteiger partial charge < -0.3 is 5.11 Å². The van der Waals surface area contributed by atoms with Gasteiger partial charge in [0.1, 0.15) is 0 Å². The molecule has 0 amide bonds. The molecule has 0 fully saturated rings. The zero-order valence-electron chi connectivity index (χ0n) is 20.3. The molecule has 1 N–H and O–H groups in total. The lowest BCUT2D eigenvalue weighted by Crippen LogP contribution is -1.97. The quantitative estimate of drug-likeness (QED) is 0.422. The second kappa shape index (κ2) is 15.7. The molecule has 2 rings (SSSR count). The normalized spacial score (nSPS) is 10.6. The summed E-state index contributed by atoms with van der Waals surface area (Å²) in [7, 11) is 0. The van der Waals surface area contributed by atoms with Crippen LogP contribution in [0.5, 0.6) is 0 Å². The Morgan fingerprint density at radius 2 is 1.53 bits per heavy atom. The summed E-state index contributed by atoms with van der Waals surface area (Å²) in [6.07, 6.45) is 4.55. The molecule has 32 heavy (non-hydrogen) atoms. The zero-order chi connectivity index (χ0) is 24.8. The molecule has 0 radical (unpaired) electrons. The molecule has 0 saturated carbocycles. The van der Waals surface area contributed by atoms with Crippen molar-refractivity contribution in [2.24, 2.45) is 5.92 Å². The first-order valence-corrected chi connectivity index (χ1v) is 11.7. The maximum Gasteiger partial charge on any atom is 0.335 e. The second-order valence-electron chi connectivity index (χ2n) is 7.85. The molecule has 0 unspecified atom stereocenters. The molecule has 2 aromatic rings. The van der Waals surface area contributed by atoms with E-state index in [-0.39, 0.29) is 5.78 Å². The number of hydrogen-bond acceptors (Lipinski definition) is 2.